The fourth-order valence-corrected chi connectivity index (χ4v) is 2.70. The van der Waals surface area contributed by atoms with Gasteiger partial charge >= 0.3 is 0 Å². The van der Waals surface area contributed by atoms with Crippen molar-refractivity contribution in [3.05, 3.63) is 41.8 Å². The van der Waals surface area contributed by atoms with Crippen molar-refractivity contribution in [3.8, 4) is 5.75 Å². The summed E-state index contributed by atoms with van der Waals surface area (Å²) in [4.78, 5) is 6.56. The second kappa shape index (κ2) is 7.06. The summed E-state index contributed by atoms with van der Waals surface area (Å²) in [5, 5.41) is 3.91. The number of morpholine rings is 1. The first kappa shape index (κ1) is 15.9. The Morgan fingerprint density at radius 3 is 2.61 bits per heavy atom. The van der Waals surface area contributed by atoms with Crippen LogP contribution in [0.15, 0.2) is 28.8 Å². The van der Waals surface area contributed by atoms with Crippen LogP contribution in [0.1, 0.15) is 25.6 Å². The molecule has 0 N–H and O–H groups in total. The van der Waals surface area contributed by atoms with Crippen molar-refractivity contribution >= 4 is 0 Å². The van der Waals surface area contributed by atoms with E-state index >= 15 is 0 Å². The molecule has 2 heterocycles. The third-order valence-electron chi connectivity index (χ3n) is 3.55. The minimum Gasteiger partial charge on any atom is -0.485 e. The third-order valence-corrected chi connectivity index (χ3v) is 3.55. The summed E-state index contributed by atoms with van der Waals surface area (Å²) < 4.78 is 29.3. The SMILES string of the molecule is CC1CN(Cc2nc(COc3ccc(F)cc3)no2)CC(C)O1. The molecular formula is C16H20FN3O3. The highest BCUT2D eigenvalue weighted by Crippen LogP contribution is 2.15. The van der Waals surface area contributed by atoms with E-state index < -0.39 is 0 Å². The molecule has 0 spiro atoms. The van der Waals surface area contributed by atoms with Gasteiger partial charge in [-0.3, -0.25) is 4.90 Å². The average Bonchev–Trinajstić information content (AvgIpc) is 2.93. The lowest BCUT2D eigenvalue weighted by Crippen LogP contribution is -2.44. The Hall–Kier alpha value is -1.99. The monoisotopic (exact) mass is 321 g/mol. The molecule has 3 rings (SSSR count). The van der Waals surface area contributed by atoms with Crippen LogP contribution in [0, 0.1) is 5.82 Å². The molecule has 124 valence electrons. The summed E-state index contributed by atoms with van der Waals surface area (Å²) in [6.07, 6.45) is 0.394. The first-order chi connectivity index (χ1) is 11.1. The predicted octanol–water partition coefficient (Wildman–Crippen LogP) is 2.40. The van der Waals surface area contributed by atoms with Crippen LogP contribution in [0.2, 0.25) is 0 Å². The van der Waals surface area contributed by atoms with E-state index in [4.69, 9.17) is 14.0 Å². The quantitative estimate of drug-likeness (QED) is 0.843. The van der Waals surface area contributed by atoms with Gasteiger partial charge in [0, 0.05) is 13.1 Å². The van der Waals surface area contributed by atoms with E-state index in [2.05, 4.69) is 28.9 Å². The highest BCUT2D eigenvalue weighted by atomic mass is 19.1. The van der Waals surface area contributed by atoms with Crippen LogP contribution in [-0.2, 0) is 17.9 Å². The molecule has 1 aliphatic heterocycles. The van der Waals surface area contributed by atoms with E-state index in [0.717, 1.165) is 13.1 Å². The van der Waals surface area contributed by atoms with Gasteiger partial charge in [0.05, 0.1) is 18.8 Å². The van der Waals surface area contributed by atoms with Crippen LogP contribution < -0.4 is 4.74 Å². The zero-order valence-corrected chi connectivity index (χ0v) is 13.2. The van der Waals surface area contributed by atoms with Crippen molar-refractivity contribution in [1.82, 2.24) is 15.0 Å². The Kier molecular flexibility index (Phi) is 4.88. The van der Waals surface area contributed by atoms with E-state index in [1.54, 1.807) is 12.1 Å². The summed E-state index contributed by atoms with van der Waals surface area (Å²) >= 11 is 0. The van der Waals surface area contributed by atoms with Crippen LogP contribution in [0.3, 0.4) is 0 Å². The molecule has 0 bridgehead atoms. The average molecular weight is 321 g/mol. The van der Waals surface area contributed by atoms with E-state index in [0.29, 0.717) is 24.0 Å². The van der Waals surface area contributed by atoms with Crippen LogP contribution in [0.4, 0.5) is 4.39 Å². The molecule has 2 aromatic rings. The van der Waals surface area contributed by atoms with Gasteiger partial charge in [-0.05, 0) is 38.1 Å². The molecule has 2 atom stereocenters. The molecule has 7 heteroatoms. The summed E-state index contributed by atoms with van der Waals surface area (Å²) in [6.45, 7) is 6.58. The van der Waals surface area contributed by atoms with Crippen molar-refractivity contribution in [1.29, 1.82) is 0 Å². The number of nitrogens with zero attached hydrogens (tertiary/aromatic N) is 3. The first-order valence-corrected chi connectivity index (χ1v) is 7.66. The molecule has 1 aromatic heterocycles. The molecule has 0 aliphatic carbocycles. The molecule has 0 amide bonds. The number of halogens is 1. The highest BCUT2D eigenvalue weighted by Gasteiger charge is 2.23. The van der Waals surface area contributed by atoms with Crippen molar-refractivity contribution in [2.24, 2.45) is 0 Å². The normalized spacial score (nSPS) is 22.2. The van der Waals surface area contributed by atoms with Crippen LogP contribution in [-0.4, -0.2) is 40.3 Å². The molecule has 0 saturated carbocycles. The fourth-order valence-electron chi connectivity index (χ4n) is 2.70. The van der Waals surface area contributed by atoms with Gasteiger partial charge < -0.3 is 14.0 Å². The topological polar surface area (TPSA) is 60.6 Å². The van der Waals surface area contributed by atoms with Gasteiger partial charge in [0.25, 0.3) is 0 Å². The number of benzene rings is 1. The van der Waals surface area contributed by atoms with E-state index in [9.17, 15) is 4.39 Å². The Labute approximate surface area is 134 Å². The van der Waals surface area contributed by atoms with Crippen LogP contribution >= 0.6 is 0 Å². The number of hydrogen-bond acceptors (Lipinski definition) is 6. The lowest BCUT2D eigenvalue weighted by atomic mass is 10.2. The Morgan fingerprint density at radius 1 is 1.22 bits per heavy atom. The lowest BCUT2D eigenvalue weighted by Gasteiger charge is -2.34. The number of aromatic nitrogens is 2. The largest absolute Gasteiger partial charge is 0.485 e. The minimum atomic E-state index is -0.298. The van der Waals surface area contributed by atoms with Crippen LogP contribution in [0.25, 0.3) is 0 Å². The smallest absolute Gasteiger partial charge is 0.240 e. The summed E-state index contributed by atoms with van der Waals surface area (Å²) in [6, 6.07) is 5.81. The first-order valence-electron chi connectivity index (χ1n) is 7.66. The van der Waals surface area contributed by atoms with Crippen molar-refractivity contribution < 1.29 is 18.4 Å². The maximum Gasteiger partial charge on any atom is 0.240 e. The van der Waals surface area contributed by atoms with Crippen molar-refractivity contribution in [2.75, 3.05) is 13.1 Å². The van der Waals surface area contributed by atoms with E-state index in [1.165, 1.54) is 12.1 Å². The van der Waals surface area contributed by atoms with Gasteiger partial charge in [0.1, 0.15) is 11.6 Å². The van der Waals surface area contributed by atoms with E-state index in [-0.39, 0.29) is 24.6 Å². The van der Waals surface area contributed by atoms with Crippen molar-refractivity contribution in [3.63, 3.8) is 0 Å². The van der Waals surface area contributed by atoms with Crippen LogP contribution in [0.5, 0.6) is 5.75 Å². The minimum absolute atomic E-state index is 0.186. The van der Waals surface area contributed by atoms with Gasteiger partial charge in [-0.25, -0.2) is 4.39 Å². The predicted molar refractivity (Wildman–Crippen MR) is 80.3 cm³/mol. The number of rotatable bonds is 5. The van der Waals surface area contributed by atoms with Gasteiger partial charge in [0.2, 0.25) is 11.7 Å². The van der Waals surface area contributed by atoms with Gasteiger partial charge in [-0.2, -0.15) is 4.98 Å². The summed E-state index contributed by atoms with van der Waals surface area (Å²) in [5.74, 6) is 1.30. The fraction of sp³-hybridized carbons (Fsp3) is 0.500. The zero-order valence-electron chi connectivity index (χ0n) is 13.2. The van der Waals surface area contributed by atoms with E-state index in [1.807, 2.05) is 0 Å². The summed E-state index contributed by atoms with van der Waals surface area (Å²) in [7, 11) is 0. The van der Waals surface area contributed by atoms with Gasteiger partial charge in [0.15, 0.2) is 6.61 Å². The molecule has 1 aliphatic rings. The standard InChI is InChI=1S/C16H20FN3O3/c1-11-7-20(8-12(2)22-11)9-16-18-15(19-23-16)10-21-14-5-3-13(17)4-6-14/h3-6,11-12H,7-10H2,1-2H3. The molecule has 1 fully saturated rings. The van der Waals surface area contributed by atoms with Gasteiger partial charge in [-0.15, -0.1) is 0 Å². The van der Waals surface area contributed by atoms with Gasteiger partial charge in [-0.1, -0.05) is 5.16 Å². The second-order valence-corrected chi connectivity index (χ2v) is 5.80. The Bertz CT molecular complexity index is 622. The number of hydrogen-bond donors (Lipinski definition) is 0. The summed E-state index contributed by atoms with van der Waals surface area (Å²) in [5.41, 5.74) is 0. The molecule has 6 nitrogen and oxygen atoms in total. The molecule has 1 aromatic carbocycles. The zero-order chi connectivity index (χ0) is 16.2. The molecule has 2 unspecified atom stereocenters. The molecule has 23 heavy (non-hydrogen) atoms. The highest BCUT2D eigenvalue weighted by molar-refractivity contribution is 5.22. The maximum atomic E-state index is 12.8. The molecule has 1 saturated heterocycles. The molecular weight excluding hydrogens is 301 g/mol. The Balaban J connectivity index is 1.52. The van der Waals surface area contributed by atoms with Crippen molar-refractivity contribution in [2.45, 2.75) is 39.2 Å². The second-order valence-electron chi connectivity index (χ2n) is 5.80. The lowest BCUT2D eigenvalue weighted by molar-refractivity contribution is -0.0725. The third kappa shape index (κ3) is 4.49. The number of ether oxygens (including phenoxy) is 2. The molecule has 0 radical (unpaired) electrons. The maximum absolute atomic E-state index is 12.8. The Morgan fingerprint density at radius 2 is 1.91 bits per heavy atom.